The van der Waals surface area contributed by atoms with E-state index in [0.717, 1.165) is 5.56 Å². The Hall–Kier alpha value is -2.08. The van der Waals surface area contributed by atoms with Gasteiger partial charge in [-0.15, -0.1) is 0 Å². The number of esters is 1. The van der Waals surface area contributed by atoms with Crippen molar-refractivity contribution in [1.82, 2.24) is 0 Å². The van der Waals surface area contributed by atoms with Crippen LogP contribution in [0.25, 0.3) is 10.4 Å². The second-order valence-electron chi connectivity index (χ2n) is 7.27. The SMILES string of the molecule is CC1(C)OCC(COC(=O)C(C)(C)CC(N=[N+]=[N-])c2ccccc2)O1. The van der Waals surface area contributed by atoms with E-state index < -0.39 is 17.2 Å². The van der Waals surface area contributed by atoms with Crippen molar-refractivity contribution in [3.63, 3.8) is 0 Å². The second kappa shape index (κ2) is 7.87. The van der Waals surface area contributed by atoms with Crippen LogP contribution in [-0.4, -0.2) is 31.1 Å². The Morgan fingerprint density at radius 2 is 2.12 bits per heavy atom. The van der Waals surface area contributed by atoms with Gasteiger partial charge in [0.25, 0.3) is 0 Å². The summed E-state index contributed by atoms with van der Waals surface area (Å²) in [4.78, 5) is 15.4. The van der Waals surface area contributed by atoms with Crippen molar-refractivity contribution in [3.05, 3.63) is 46.3 Å². The van der Waals surface area contributed by atoms with E-state index in [4.69, 9.17) is 19.7 Å². The first-order chi connectivity index (χ1) is 11.7. The average Bonchev–Trinajstić information content (AvgIpc) is 2.92. The van der Waals surface area contributed by atoms with E-state index in [1.807, 2.05) is 44.2 Å². The molecule has 25 heavy (non-hydrogen) atoms. The molecule has 1 fully saturated rings. The van der Waals surface area contributed by atoms with E-state index in [-0.39, 0.29) is 18.7 Å². The zero-order valence-electron chi connectivity index (χ0n) is 15.1. The van der Waals surface area contributed by atoms with Gasteiger partial charge in [0.05, 0.1) is 18.1 Å². The zero-order valence-corrected chi connectivity index (χ0v) is 15.1. The van der Waals surface area contributed by atoms with Gasteiger partial charge in [-0.05, 0) is 45.2 Å². The lowest BCUT2D eigenvalue weighted by Gasteiger charge is -2.26. The van der Waals surface area contributed by atoms with E-state index >= 15 is 0 Å². The first kappa shape index (κ1) is 19.2. The Labute approximate surface area is 147 Å². The molecule has 0 saturated carbocycles. The molecule has 0 amide bonds. The van der Waals surface area contributed by atoms with Gasteiger partial charge in [0.15, 0.2) is 5.79 Å². The number of rotatable bonds is 7. The Morgan fingerprint density at radius 3 is 2.68 bits per heavy atom. The Balaban J connectivity index is 1.96. The molecule has 0 radical (unpaired) electrons. The molecule has 2 rings (SSSR count). The summed E-state index contributed by atoms with van der Waals surface area (Å²) >= 11 is 0. The van der Waals surface area contributed by atoms with Gasteiger partial charge in [0.2, 0.25) is 0 Å². The number of ether oxygens (including phenoxy) is 3. The maximum absolute atomic E-state index is 12.5. The van der Waals surface area contributed by atoms with Crippen molar-refractivity contribution >= 4 is 5.97 Å². The Bertz CT molecular complexity index is 639. The fraction of sp³-hybridized carbons (Fsp3) is 0.611. The molecule has 1 aromatic carbocycles. The molecule has 7 heteroatoms. The van der Waals surface area contributed by atoms with Crippen LogP contribution in [0.2, 0.25) is 0 Å². The summed E-state index contributed by atoms with van der Waals surface area (Å²) in [6, 6.07) is 8.97. The number of azide groups is 1. The molecular weight excluding hydrogens is 322 g/mol. The summed E-state index contributed by atoms with van der Waals surface area (Å²) in [6.07, 6.45) is 0.0877. The van der Waals surface area contributed by atoms with Crippen LogP contribution in [0, 0.1) is 5.41 Å². The summed E-state index contributed by atoms with van der Waals surface area (Å²) in [5.74, 6) is -0.998. The second-order valence-corrected chi connectivity index (χ2v) is 7.27. The minimum atomic E-state index is -0.802. The first-order valence-corrected chi connectivity index (χ1v) is 8.32. The number of hydrogen-bond donors (Lipinski definition) is 0. The topological polar surface area (TPSA) is 93.5 Å². The standard InChI is InChI=1S/C18H25N3O4/c1-17(2,10-15(20-21-19)13-8-6-5-7-9-13)16(22)23-11-14-12-24-18(3,4)25-14/h5-9,14-15H,10-12H2,1-4H3. The molecule has 136 valence electrons. The van der Waals surface area contributed by atoms with Gasteiger partial charge in [-0.2, -0.15) is 0 Å². The third kappa shape index (κ3) is 5.46. The largest absolute Gasteiger partial charge is 0.462 e. The third-order valence-corrected chi connectivity index (χ3v) is 4.10. The quantitative estimate of drug-likeness (QED) is 0.320. The predicted octanol–water partition coefficient (Wildman–Crippen LogP) is 4.15. The van der Waals surface area contributed by atoms with Gasteiger partial charge in [0, 0.05) is 4.91 Å². The van der Waals surface area contributed by atoms with Crippen LogP contribution >= 0.6 is 0 Å². The Morgan fingerprint density at radius 1 is 1.44 bits per heavy atom. The minimum Gasteiger partial charge on any atom is -0.462 e. The van der Waals surface area contributed by atoms with Crippen LogP contribution in [0.1, 0.15) is 45.7 Å². The molecular formula is C18H25N3O4. The lowest BCUT2D eigenvalue weighted by molar-refractivity contribution is -0.165. The molecule has 2 atom stereocenters. The van der Waals surface area contributed by atoms with Gasteiger partial charge in [-0.25, -0.2) is 0 Å². The molecule has 7 nitrogen and oxygen atoms in total. The lowest BCUT2D eigenvalue weighted by Crippen LogP contribution is -2.32. The smallest absolute Gasteiger partial charge is 0.311 e. The molecule has 0 N–H and O–H groups in total. The fourth-order valence-corrected chi connectivity index (χ4v) is 2.74. The molecule has 1 aliphatic heterocycles. The lowest BCUT2D eigenvalue weighted by atomic mass is 9.84. The molecule has 1 aliphatic rings. The highest BCUT2D eigenvalue weighted by atomic mass is 16.7. The number of nitrogens with zero attached hydrogens (tertiary/aromatic N) is 3. The first-order valence-electron chi connectivity index (χ1n) is 8.32. The summed E-state index contributed by atoms with van der Waals surface area (Å²) in [5, 5.41) is 3.85. The van der Waals surface area contributed by atoms with Crippen LogP contribution in [0.15, 0.2) is 35.4 Å². The molecule has 2 unspecified atom stereocenters. The van der Waals surface area contributed by atoms with Crippen molar-refractivity contribution < 1.29 is 19.0 Å². The third-order valence-electron chi connectivity index (χ3n) is 4.10. The van der Waals surface area contributed by atoms with Gasteiger partial charge < -0.3 is 14.2 Å². The Kier molecular flexibility index (Phi) is 6.06. The summed E-state index contributed by atoms with van der Waals surface area (Å²) < 4.78 is 16.5. The highest BCUT2D eigenvalue weighted by Gasteiger charge is 2.36. The van der Waals surface area contributed by atoms with Gasteiger partial charge in [-0.3, -0.25) is 4.79 Å². The van der Waals surface area contributed by atoms with E-state index in [9.17, 15) is 4.79 Å². The molecule has 0 aliphatic carbocycles. The predicted molar refractivity (Wildman–Crippen MR) is 92.6 cm³/mol. The highest BCUT2D eigenvalue weighted by molar-refractivity contribution is 5.76. The zero-order chi connectivity index (χ0) is 18.5. The maximum atomic E-state index is 12.5. The van der Waals surface area contributed by atoms with Crippen LogP contribution in [-0.2, 0) is 19.0 Å². The van der Waals surface area contributed by atoms with E-state index in [1.54, 1.807) is 13.8 Å². The van der Waals surface area contributed by atoms with Gasteiger partial charge >= 0.3 is 5.97 Å². The van der Waals surface area contributed by atoms with Crippen LogP contribution in [0.3, 0.4) is 0 Å². The molecule has 0 spiro atoms. The molecule has 1 heterocycles. The van der Waals surface area contributed by atoms with E-state index in [1.165, 1.54) is 0 Å². The fourth-order valence-electron chi connectivity index (χ4n) is 2.74. The van der Waals surface area contributed by atoms with Crippen LogP contribution < -0.4 is 0 Å². The number of carbonyl (C=O) groups excluding carboxylic acids is 1. The van der Waals surface area contributed by atoms with Crippen molar-refractivity contribution in [2.75, 3.05) is 13.2 Å². The molecule has 1 saturated heterocycles. The molecule has 0 aromatic heterocycles. The normalized spacial score (nSPS) is 20.6. The monoisotopic (exact) mass is 347 g/mol. The average molecular weight is 347 g/mol. The molecule has 0 bridgehead atoms. The van der Waals surface area contributed by atoms with E-state index in [2.05, 4.69) is 10.0 Å². The number of hydrogen-bond acceptors (Lipinski definition) is 5. The van der Waals surface area contributed by atoms with Crippen LogP contribution in [0.5, 0.6) is 0 Å². The summed E-state index contributed by atoms with van der Waals surface area (Å²) in [7, 11) is 0. The van der Waals surface area contributed by atoms with E-state index in [0.29, 0.717) is 13.0 Å². The highest BCUT2D eigenvalue weighted by Crippen LogP contribution is 2.34. The summed E-state index contributed by atoms with van der Waals surface area (Å²) in [5.41, 5.74) is 8.91. The van der Waals surface area contributed by atoms with Crippen molar-refractivity contribution in [1.29, 1.82) is 0 Å². The van der Waals surface area contributed by atoms with Gasteiger partial charge in [0.1, 0.15) is 12.7 Å². The number of carbonyl (C=O) groups is 1. The van der Waals surface area contributed by atoms with Crippen molar-refractivity contribution in [2.45, 2.75) is 52.0 Å². The van der Waals surface area contributed by atoms with Crippen LogP contribution in [0.4, 0.5) is 0 Å². The number of benzene rings is 1. The van der Waals surface area contributed by atoms with Gasteiger partial charge in [-0.1, -0.05) is 35.4 Å². The maximum Gasteiger partial charge on any atom is 0.311 e. The van der Waals surface area contributed by atoms with Crippen molar-refractivity contribution in [2.24, 2.45) is 10.5 Å². The summed E-state index contributed by atoms with van der Waals surface area (Å²) in [6.45, 7) is 7.75. The van der Waals surface area contributed by atoms with Crippen molar-refractivity contribution in [3.8, 4) is 0 Å². The molecule has 1 aromatic rings. The minimum absolute atomic E-state index is 0.142.